The van der Waals surface area contributed by atoms with Gasteiger partial charge in [-0.15, -0.1) is 0 Å². The average Bonchev–Trinajstić information content (AvgIpc) is 2.36. The second-order valence-electron chi connectivity index (χ2n) is 4.47. The van der Waals surface area contributed by atoms with Gasteiger partial charge < -0.3 is 10.0 Å². The van der Waals surface area contributed by atoms with Gasteiger partial charge in [0, 0.05) is 37.9 Å². The minimum atomic E-state index is -0.936. The van der Waals surface area contributed by atoms with Gasteiger partial charge in [-0.2, -0.15) is 0 Å². The fraction of sp³-hybridized carbons (Fsp3) is 0.308. The first-order valence-electron chi connectivity index (χ1n) is 5.88. The van der Waals surface area contributed by atoms with Gasteiger partial charge in [-0.25, -0.2) is 9.78 Å². The fourth-order valence-corrected chi connectivity index (χ4v) is 1.89. The van der Waals surface area contributed by atoms with E-state index in [4.69, 9.17) is 5.11 Å². The number of carboxylic acid groups (broad SMARTS) is 1. The predicted octanol–water partition coefficient (Wildman–Crippen LogP) is 0.937. The van der Waals surface area contributed by atoms with Gasteiger partial charge in [0.25, 0.3) is 0 Å². The van der Waals surface area contributed by atoms with Crippen LogP contribution in [0.15, 0.2) is 29.2 Å². The number of fused-ring (bicyclic) bond motifs is 1. The second kappa shape index (κ2) is 5.09. The molecule has 0 aliphatic rings. The summed E-state index contributed by atoms with van der Waals surface area (Å²) in [6, 6.07) is 5.62. The molecule has 0 radical (unpaired) electrons. The molecule has 0 atom stereocenters. The van der Waals surface area contributed by atoms with Crippen molar-refractivity contribution < 1.29 is 9.90 Å². The molecule has 0 amide bonds. The number of carbonyl (C=O) groups is 1. The molecule has 0 bridgehead atoms. The summed E-state index contributed by atoms with van der Waals surface area (Å²) in [6.45, 7) is 0.125. The second-order valence-corrected chi connectivity index (χ2v) is 4.47. The zero-order valence-electron chi connectivity index (χ0n) is 10.8. The lowest BCUT2D eigenvalue weighted by molar-refractivity contribution is -0.137. The van der Waals surface area contributed by atoms with Crippen molar-refractivity contribution in [1.82, 2.24) is 9.55 Å². The number of aliphatic carboxylic acids is 1. The van der Waals surface area contributed by atoms with Gasteiger partial charge in [-0.3, -0.25) is 9.36 Å². The van der Waals surface area contributed by atoms with Crippen LogP contribution in [0.2, 0.25) is 0 Å². The van der Waals surface area contributed by atoms with Crippen LogP contribution in [0.1, 0.15) is 6.42 Å². The average molecular weight is 261 g/mol. The monoisotopic (exact) mass is 261 g/mol. The molecule has 2 rings (SSSR count). The van der Waals surface area contributed by atoms with Gasteiger partial charge in [-0.1, -0.05) is 0 Å². The molecule has 6 nitrogen and oxygen atoms in total. The van der Waals surface area contributed by atoms with Gasteiger partial charge in [-0.05, 0) is 18.2 Å². The number of nitrogens with zero attached hydrogens (tertiary/aromatic N) is 3. The largest absolute Gasteiger partial charge is 0.481 e. The van der Waals surface area contributed by atoms with E-state index in [2.05, 4.69) is 4.98 Å². The Hall–Kier alpha value is -2.37. The van der Waals surface area contributed by atoms with E-state index in [9.17, 15) is 9.59 Å². The van der Waals surface area contributed by atoms with Gasteiger partial charge in [0.2, 0.25) is 0 Å². The Morgan fingerprint density at radius 1 is 1.42 bits per heavy atom. The molecule has 0 aliphatic heterocycles. The van der Waals surface area contributed by atoms with Crippen molar-refractivity contribution in [2.45, 2.75) is 13.0 Å². The normalized spacial score (nSPS) is 10.6. The van der Waals surface area contributed by atoms with Crippen LogP contribution in [0.3, 0.4) is 0 Å². The lowest BCUT2D eigenvalue weighted by Crippen LogP contribution is -2.24. The van der Waals surface area contributed by atoms with E-state index < -0.39 is 11.7 Å². The maximum absolute atomic E-state index is 11.7. The highest BCUT2D eigenvalue weighted by molar-refractivity contribution is 5.82. The summed E-state index contributed by atoms with van der Waals surface area (Å²) in [5.74, 6) is -0.936. The lowest BCUT2D eigenvalue weighted by atomic mass is 10.2. The van der Waals surface area contributed by atoms with Crippen LogP contribution >= 0.6 is 0 Å². The van der Waals surface area contributed by atoms with E-state index >= 15 is 0 Å². The van der Waals surface area contributed by atoms with E-state index in [0.29, 0.717) is 5.52 Å². The van der Waals surface area contributed by atoms with Crippen molar-refractivity contribution in [2.24, 2.45) is 0 Å². The molecule has 0 fully saturated rings. The van der Waals surface area contributed by atoms with Crippen LogP contribution in [0, 0.1) is 0 Å². The third-order valence-corrected chi connectivity index (χ3v) is 2.91. The van der Waals surface area contributed by atoms with Gasteiger partial charge in [0.1, 0.15) is 0 Å². The molecule has 0 unspecified atom stereocenters. The smallest absolute Gasteiger partial charge is 0.348 e. The van der Waals surface area contributed by atoms with Crippen molar-refractivity contribution in [2.75, 3.05) is 19.0 Å². The Kier molecular flexibility index (Phi) is 3.50. The number of anilines is 1. The topological polar surface area (TPSA) is 75.4 Å². The highest BCUT2D eigenvalue weighted by atomic mass is 16.4. The number of aryl methyl sites for hydroxylation is 1. The van der Waals surface area contributed by atoms with E-state index in [1.807, 2.05) is 37.2 Å². The zero-order valence-corrected chi connectivity index (χ0v) is 10.8. The Morgan fingerprint density at radius 3 is 2.79 bits per heavy atom. The number of hydrogen-bond donors (Lipinski definition) is 1. The van der Waals surface area contributed by atoms with Gasteiger partial charge in [0.15, 0.2) is 0 Å². The molecular formula is C13H15N3O3. The van der Waals surface area contributed by atoms with Crippen LogP contribution in [0.25, 0.3) is 10.9 Å². The van der Waals surface area contributed by atoms with Gasteiger partial charge in [0.05, 0.1) is 11.9 Å². The highest BCUT2D eigenvalue weighted by Gasteiger charge is 2.07. The van der Waals surface area contributed by atoms with E-state index in [1.165, 1.54) is 10.8 Å². The Balaban J connectivity index is 2.53. The summed E-state index contributed by atoms with van der Waals surface area (Å²) in [5.41, 5.74) is 1.27. The molecule has 19 heavy (non-hydrogen) atoms. The van der Waals surface area contributed by atoms with Crippen LogP contribution in [-0.2, 0) is 11.3 Å². The summed E-state index contributed by atoms with van der Waals surface area (Å²) < 4.78 is 1.39. The minimum Gasteiger partial charge on any atom is -0.481 e. The Labute approximate surface area is 109 Å². The number of carboxylic acids is 1. The Morgan fingerprint density at radius 2 is 2.16 bits per heavy atom. The van der Waals surface area contributed by atoms with Crippen molar-refractivity contribution in [3.63, 3.8) is 0 Å². The Bertz CT molecular complexity index is 676. The van der Waals surface area contributed by atoms with Crippen LogP contribution in [-0.4, -0.2) is 34.7 Å². The molecule has 100 valence electrons. The summed E-state index contributed by atoms with van der Waals surface area (Å²) in [5, 5.41) is 9.53. The number of aromatic nitrogens is 2. The van der Waals surface area contributed by atoms with E-state index in [1.54, 1.807) is 0 Å². The van der Waals surface area contributed by atoms with Crippen LogP contribution < -0.4 is 10.6 Å². The summed E-state index contributed by atoms with van der Waals surface area (Å²) in [4.78, 5) is 28.1. The molecule has 0 saturated heterocycles. The molecule has 0 saturated carbocycles. The van der Waals surface area contributed by atoms with Crippen LogP contribution in [0.4, 0.5) is 5.69 Å². The van der Waals surface area contributed by atoms with Crippen molar-refractivity contribution in [3.05, 3.63) is 34.9 Å². The zero-order chi connectivity index (χ0) is 14.0. The van der Waals surface area contributed by atoms with E-state index in [0.717, 1.165) is 11.1 Å². The third-order valence-electron chi connectivity index (χ3n) is 2.91. The van der Waals surface area contributed by atoms with Gasteiger partial charge >= 0.3 is 11.7 Å². The first kappa shape index (κ1) is 13.1. The number of hydrogen-bond acceptors (Lipinski definition) is 4. The quantitative estimate of drug-likeness (QED) is 0.886. The highest BCUT2D eigenvalue weighted by Crippen LogP contribution is 2.19. The molecule has 1 aromatic carbocycles. The molecule has 1 N–H and O–H groups in total. The predicted molar refractivity (Wildman–Crippen MR) is 72.6 cm³/mol. The molecule has 1 heterocycles. The van der Waals surface area contributed by atoms with E-state index in [-0.39, 0.29) is 13.0 Å². The molecule has 6 heteroatoms. The molecule has 0 spiro atoms. The fourth-order valence-electron chi connectivity index (χ4n) is 1.89. The minimum absolute atomic E-state index is 0.101. The third kappa shape index (κ3) is 2.73. The lowest BCUT2D eigenvalue weighted by Gasteiger charge is -2.14. The first-order valence-corrected chi connectivity index (χ1v) is 5.88. The van der Waals surface area contributed by atoms with Crippen molar-refractivity contribution >= 4 is 22.6 Å². The molecular weight excluding hydrogens is 246 g/mol. The van der Waals surface area contributed by atoms with Crippen LogP contribution in [0.5, 0.6) is 0 Å². The van der Waals surface area contributed by atoms with Crippen molar-refractivity contribution in [1.29, 1.82) is 0 Å². The number of benzene rings is 1. The first-order chi connectivity index (χ1) is 8.99. The SMILES string of the molecule is CN(C)c1ccc2c(cnc(=O)n2CCC(=O)O)c1. The van der Waals surface area contributed by atoms with Crippen molar-refractivity contribution in [3.8, 4) is 0 Å². The molecule has 2 aromatic rings. The molecule has 1 aromatic heterocycles. The summed E-state index contributed by atoms with van der Waals surface area (Å²) >= 11 is 0. The maximum Gasteiger partial charge on any atom is 0.348 e. The summed E-state index contributed by atoms with van der Waals surface area (Å²) in [7, 11) is 3.85. The molecule has 0 aliphatic carbocycles. The summed E-state index contributed by atoms with van der Waals surface area (Å²) in [6.07, 6.45) is 1.41. The standard InChI is InChI=1S/C13H15N3O3/c1-15(2)10-3-4-11-9(7-10)8-14-13(19)16(11)6-5-12(17)18/h3-4,7-8H,5-6H2,1-2H3,(H,17,18). The maximum atomic E-state index is 11.7. The number of rotatable bonds is 4.